The van der Waals surface area contributed by atoms with E-state index in [1.807, 2.05) is 0 Å². The molecule has 6 N–H and O–H groups in total. The second-order valence-corrected chi connectivity index (χ2v) is 8.61. The summed E-state index contributed by atoms with van der Waals surface area (Å²) in [6, 6.07) is 2.72. The quantitative estimate of drug-likeness (QED) is 0.680. The highest BCUT2D eigenvalue weighted by Crippen LogP contribution is 2.36. The van der Waals surface area contributed by atoms with E-state index in [9.17, 15) is 0 Å². The smallest absolute Gasteiger partial charge is 0.222 e. The van der Waals surface area contributed by atoms with Crippen LogP contribution in [0.15, 0.2) is 6.07 Å². The van der Waals surface area contributed by atoms with Crippen LogP contribution in [0.25, 0.3) is 0 Å². The summed E-state index contributed by atoms with van der Waals surface area (Å²) in [5.74, 6) is 1.61. The van der Waals surface area contributed by atoms with Crippen molar-refractivity contribution in [3.05, 3.63) is 11.8 Å². The van der Waals surface area contributed by atoms with Gasteiger partial charge in [-0.1, -0.05) is 0 Å². The van der Waals surface area contributed by atoms with Crippen molar-refractivity contribution in [3.63, 3.8) is 0 Å². The van der Waals surface area contributed by atoms with Crippen molar-refractivity contribution in [1.29, 1.82) is 0 Å². The molecule has 0 amide bonds. The van der Waals surface area contributed by atoms with Gasteiger partial charge in [-0.05, 0) is 53.4 Å². The van der Waals surface area contributed by atoms with E-state index < -0.39 is 0 Å². The second-order valence-electron chi connectivity index (χ2n) is 8.61. The van der Waals surface area contributed by atoms with E-state index in [4.69, 9.17) is 11.5 Å². The van der Waals surface area contributed by atoms with Crippen LogP contribution in [0.4, 0.5) is 11.8 Å². The van der Waals surface area contributed by atoms with Crippen molar-refractivity contribution in [1.82, 2.24) is 15.3 Å². The maximum Gasteiger partial charge on any atom is 0.222 e. The molecule has 128 valence electrons. The first kappa shape index (κ1) is 16.5. The number of nitrogens with two attached hydrogens (primary N) is 2. The highest BCUT2D eigenvalue weighted by Gasteiger charge is 2.38. The molecule has 6 heteroatoms. The number of piperidine rings is 1. The van der Waals surface area contributed by atoms with Gasteiger partial charge in [-0.2, -0.15) is 4.98 Å². The van der Waals surface area contributed by atoms with Gasteiger partial charge in [0.15, 0.2) is 0 Å². The van der Waals surface area contributed by atoms with E-state index in [0.717, 1.165) is 37.2 Å². The van der Waals surface area contributed by atoms with E-state index in [1.54, 1.807) is 0 Å². The average molecular weight is 318 g/mol. The Balaban J connectivity index is 1.74. The van der Waals surface area contributed by atoms with Crippen LogP contribution < -0.4 is 22.1 Å². The Hall–Kier alpha value is -1.40. The molecule has 1 aliphatic heterocycles. The summed E-state index contributed by atoms with van der Waals surface area (Å²) in [4.78, 5) is 8.79. The lowest BCUT2D eigenvalue weighted by atomic mass is 9.78. The number of nitrogens with zero attached hydrogens (tertiary/aromatic N) is 2. The van der Waals surface area contributed by atoms with Crippen molar-refractivity contribution in [3.8, 4) is 0 Å². The maximum absolute atomic E-state index is 5.92. The van der Waals surface area contributed by atoms with Gasteiger partial charge in [-0.25, -0.2) is 4.98 Å². The van der Waals surface area contributed by atoms with Gasteiger partial charge >= 0.3 is 0 Å². The van der Waals surface area contributed by atoms with Crippen LogP contribution in [0.3, 0.4) is 0 Å². The third-order valence-corrected chi connectivity index (χ3v) is 4.90. The molecule has 1 saturated heterocycles. The molecule has 0 radical (unpaired) electrons. The maximum atomic E-state index is 5.92. The second kappa shape index (κ2) is 5.60. The lowest BCUT2D eigenvalue weighted by Gasteiger charge is -2.46. The van der Waals surface area contributed by atoms with Crippen LogP contribution in [-0.4, -0.2) is 33.1 Å². The minimum atomic E-state index is 0.0988. The van der Waals surface area contributed by atoms with Gasteiger partial charge in [0.1, 0.15) is 5.82 Å². The molecule has 2 heterocycles. The summed E-state index contributed by atoms with van der Waals surface area (Å²) in [7, 11) is 0. The average Bonchev–Trinajstić information content (AvgIpc) is 2.30. The Labute approximate surface area is 138 Å². The Kier molecular flexibility index (Phi) is 4.01. The molecule has 0 atom stereocenters. The van der Waals surface area contributed by atoms with Gasteiger partial charge < -0.3 is 22.1 Å². The Morgan fingerprint density at radius 3 is 2.30 bits per heavy atom. The molecule has 1 aliphatic carbocycles. The van der Waals surface area contributed by atoms with Crippen molar-refractivity contribution in [2.75, 3.05) is 11.1 Å². The minimum absolute atomic E-state index is 0.0988. The largest absolute Gasteiger partial charge is 0.368 e. The summed E-state index contributed by atoms with van der Waals surface area (Å²) in [5, 5.41) is 7.29. The van der Waals surface area contributed by atoms with E-state index in [-0.39, 0.29) is 11.1 Å². The highest BCUT2D eigenvalue weighted by molar-refractivity contribution is 5.43. The highest BCUT2D eigenvalue weighted by atomic mass is 15.1. The fourth-order valence-electron chi connectivity index (χ4n) is 4.31. The molecule has 2 aliphatic rings. The molecule has 3 rings (SSSR count). The topological polar surface area (TPSA) is 102 Å². The normalized spacial score (nSPS) is 29.8. The lowest BCUT2D eigenvalue weighted by Crippen LogP contribution is -2.60. The zero-order valence-electron chi connectivity index (χ0n) is 14.7. The summed E-state index contributed by atoms with van der Waals surface area (Å²) in [5.41, 5.74) is 13.0. The summed E-state index contributed by atoms with van der Waals surface area (Å²) >= 11 is 0. The first-order valence-corrected chi connectivity index (χ1v) is 8.58. The van der Waals surface area contributed by atoms with Gasteiger partial charge in [0.25, 0.3) is 0 Å². The number of hydrogen-bond donors (Lipinski definition) is 4. The number of anilines is 2. The van der Waals surface area contributed by atoms with Crippen LogP contribution >= 0.6 is 0 Å². The molecule has 6 nitrogen and oxygen atoms in total. The minimum Gasteiger partial charge on any atom is -0.368 e. The number of aromatic nitrogens is 2. The predicted molar refractivity (Wildman–Crippen MR) is 94.3 cm³/mol. The number of nitrogens with one attached hydrogen (secondary N) is 2. The van der Waals surface area contributed by atoms with Crippen molar-refractivity contribution >= 4 is 11.8 Å². The van der Waals surface area contributed by atoms with Crippen LogP contribution in [0.1, 0.15) is 65.0 Å². The molecule has 1 aromatic rings. The fourth-order valence-corrected chi connectivity index (χ4v) is 4.31. The standard InChI is InChI=1S/C17H30N6/c1-16(2)8-12(9-17(3,4)23-16)20-14-7-13(21-15(19)22-14)10-5-11(18)6-10/h7,10-12,23H,5-6,8-9,18H2,1-4H3,(H3,19,20,21,22). The van der Waals surface area contributed by atoms with Gasteiger partial charge in [0, 0.05) is 35.1 Å². The first-order chi connectivity index (χ1) is 10.6. The van der Waals surface area contributed by atoms with Crippen molar-refractivity contribution < 1.29 is 0 Å². The Morgan fingerprint density at radius 1 is 1.13 bits per heavy atom. The van der Waals surface area contributed by atoms with Gasteiger partial charge in [0.05, 0.1) is 5.69 Å². The number of nitrogen functional groups attached to an aromatic ring is 1. The molecule has 1 aromatic heterocycles. The molecule has 0 aromatic carbocycles. The van der Waals surface area contributed by atoms with Gasteiger partial charge in [-0.3, -0.25) is 0 Å². The molecule has 0 bridgehead atoms. The molecule has 23 heavy (non-hydrogen) atoms. The van der Waals surface area contributed by atoms with Gasteiger partial charge in [-0.15, -0.1) is 0 Å². The zero-order chi connectivity index (χ0) is 16.8. The van der Waals surface area contributed by atoms with Gasteiger partial charge in [0.2, 0.25) is 5.95 Å². The van der Waals surface area contributed by atoms with E-state index in [1.165, 1.54) is 0 Å². The molecular formula is C17H30N6. The van der Waals surface area contributed by atoms with E-state index in [0.29, 0.717) is 23.9 Å². The monoisotopic (exact) mass is 318 g/mol. The van der Waals surface area contributed by atoms with Crippen LogP contribution in [0.5, 0.6) is 0 Å². The molecular weight excluding hydrogens is 288 g/mol. The number of rotatable bonds is 3. The molecule has 2 fully saturated rings. The zero-order valence-corrected chi connectivity index (χ0v) is 14.7. The van der Waals surface area contributed by atoms with E-state index in [2.05, 4.69) is 54.4 Å². The van der Waals surface area contributed by atoms with Crippen LogP contribution in [-0.2, 0) is 0 Å². The van der Waals surface area contributed by atoms with Crippen molar-refractivity contribution in [2.45, 2.75) is 82.5 Å². The molecule has 0 spiro atoms. The third-order valence-electron chi connectivity index (χ3n) is 4.90. The molecule has 0 unspecified atom stereocenters. The SMILES string of the molecule is CC1(C)CC(Nc2cc(C3CC(N)C3)nc(N)n2)CC(C)(C)N1. The predicted octanol–water partition coefficient (Wildman–Crippen LogP) is 1.98. The summed E-state index contributed by atoms with van der Waals surface area (Å²) in [6.07, 6.45) is 4.07. The third kappa shape index (κ3) is 3.93. The van der Waals surface area contributed by atoms with E-state index >= 15 is 0 Å². The fraction of sp³-hybridized carbons (Fsp3) is 0.765. The number of hydrogen-bond acceptors (Lipinski definition) is 6. The van der Waals surface area contributed by atoms with Crippen LogP contribution in [0, 0.1) is 0 Å². The van der Waals surface area contributed by atoms with Crippen LogP contribution in [0.2, 0.25) is 0 Å². The first-order valence-electron chi connectivity index (χ1n) is 8.58. The van der Waals surface area contributed by atoms with Crippen molar-refractivity contribution in [2.24, 2.45) is 5.73 Å². The Bertz CT molecular complexity index is 560. The summed E-state index contributed by atoms with van der Waals surface area (Å²) in [6.45, 7) is 8.99. The summed E-state index contributed by atoms with van der Waals surface area (Å²) < 4.78 is 0. The molecule has 1 saturated carbocycles. The lowest BCUT2D eigenvalue weighted by molar-refractivity contribution is 0.170. The Morgan fingerprint density at radius 2 is 1.74 bits per heavy atom.